The van der Waals surface area contributed by atoms with Crippen molar-refractivity contribution in [3.8, 4) is 0 Å². The average Bonchev–Trinajstić information content (AvgIpc) is 3.28. The van der Waals surface area contributed by atoms with Gasteiger partial charge in [0, 0.05) is 19.3 Å². The van der Waals surface area contributed by atoms with Crippen LogP contribution in [-0.4, -0.2) is 37.2 Å². The fourth-order valence-corrected chi connectivity index (χ4v) is 6.65. The van der Waals surface area contributed by atoms with Crippen molar-refractivity contribution in [1.29, 1.82) is 0 Å². The van der Waals surface area contributed by atoms with Crippen LogP contribution in [-0.2, 0) is 28.6 Å². The van der Waals surface area contributed by atoms with Gasteiger partial charge in [-0.15, -0.1) is 0 Å². The Hall–Kier alpha value is -3.67. The lowest BCUT2D eigenvalue weighted by Gasteiger charge is -2.18. The standard InChI is InChI=1S/C57H94O6/c1-4-7-10-13-16-19-22-24-26-27-28-29-31-33-36-39-42-45-48-51-57(60)63-54(52-61-55(58)49-46-43-40-37-34-21-18-15-12-9-6-3)53-62-56(59)50-47-44-41-38-35-32-30-25-23-20-17-14-11-8-5-2/h7,10,15-20,24-26,28-30,33,36,54H,4-6,8-9,11-14,21-23,27,31-32,34-35,37-53H2,1-3H3/b10-7-,18-15-,19-16-,20-17-,26-24-,29-28-,30-25-,36-33-/t54-/m0/s1. The second kappa shape index (κ2) is 51.0. The minimum atomic E-state index is -0.804. The Balaban J connectivity index is 4.48. The minimum Gasteiger partial charge on any atom is -0.462 e. The Morgan fingerprint density at radius 2 is 0.635 bits per heavy atom. The first kappa shape index (κ1) is 59.3. The quantitative estimate of drug-likeness (QED) is 0.0262. The van der Waals surface area contributed by atoms with Crippen molar-refractivity contribution in [2.24, 2.45) is 0 Å². The van der Waals surface area contributed by atoms with Gasteiger partial charge in [0.25, 0.3) is 0 Å². The Morgan fingerprint density at radius 3 is 1.05 bits per heavy atom. The molecular formula is C57H94O6. The van der Waals surface area contributed by atoms with Gasteiger partial charge in [-0.2, -0.15) is 0 Å². The zero-order valence-electron chi connectivity index (χ0n) is 40.8. The molecule has 358 valence electrons. The van der Waals surface area contributed by atoms with Crippen molar-refractivity contribution in [3.05, 3.63) is 97.2 Å². The lowest BCUT2D eigenvalue weighted by Crippen LogP contribution is -2.30. The van der Waals surface area contributed by atoms with Crippen LogP contribution in [0.2, 0.25) is 0 Å². The zero-order valence-corrected chi connectivity index (χ0v) is 40.8. The summed E-state index contributed by atoms with van der Waals surface area (Å²) in [5, 5.41) is 0. The van der Waals surface area contributed by atoms with Crippen LogP contribution in [0.15, 0.2) is 97.2 Å². The molecule has 0 aromatic rings. The minimum absolute atomic E-state index is 0.101. The smallest absolute Gasteiger partial charge is 0.306 e. The van der Waals surface area contributed by atoms with Crippen molar-refractivity contribution >= 4 is 17.9 Å². The van der Waals surface area contributed by atoms with E-state index in [0.717, 1.165) is 135 Å². The molecule has 0 spiro atoms. The molecule has 0 N–H and O–H groups in total. The number of ether oxygens (including phenoxy) is 3. The Bertz CT molecular complexity index is 1280. The van der Waals surface area contributed by atoms with Gasteiger partial charge in [0.2, 0.25) is 0 Å². The number of hydrogen-bond acceptors (Lipinski definition) is 6. The van der Waals surface area contributed by atoms with E-state index in [9.17, 15) is 14.4 Å². The third kappa shape index (κ3) is 49.2. The maximum Gasteiger partial charge on any atom is 0.306 e. The molecule has 1 atom stereocenters. The van der Waals surface area contributed by atoms with Crippen LogP contribution in [0.5, 0.6) is 0 Å². The average molecular weight is 875 g/mol. The molecule has 0 aliphatic carbocycles. The molecule has 0 unspecified atom stereocenters. The van der Waals surface area contributed by atoms with Crippen molar-refractivity contribution in [1.82, 2.24) is 0 Å². The molecule has 0 heterocycles. The van der Waals surface area contributed by atoms with Crippen LogP contribution in [0.3, 0.4) is 0 Å². The Morgan fingerprint density at radius 1 is 0.333 bits per heavy atom. The Labute approximate surface area is 387 Å². The summed E-state index contributed by atoms with van der Waals surface area (Å²) in [5.74, 6) is -0.961. The molecule has 0 aromatic heterocycles. The summed E-state index contributed by atoms with van der Waals surface area (Å²) in [6, 6.07) is 0. The number of esters is 3. The van der Waals surface area contributed by atoms with Gasteiger partial charge in [-0.3, -0.25) is 14.4 Å². The zero-order chi connectivity index (χ0) is 45.8. The summed E-state index contributed by atoms with van der Waals surface area (Å²) in [4.78, 5) is 37.9. The molecule has 0 aromatic carbocycles. The van der Waals surface area contributed by atoms with Gasteiger partial charge in [0.05, 0.1) is 0 Å². The van der Waals surface area contributed by atoms with E-state index in [-0.39, 0.29) is 37.5 Å². The van der Waals surface area contributed by atoms with E-state index in [1.54, 1.807) is 0 Å². The monoisotopic (exact) mass is 875 g/mol. The third-order valence-electron chi connectivity index (χ3n) is 10.5. The predicted octanol–water partition coefficient (Wildman–Crippen LogP) is 17.0. The van der Waals surface area contributed by atoms with E-state index in [2.05, 4.69) is 118 Å². The predicted molar refractivity (Wildman–Crippen MR) is 270 cm³/mol. The van der Waals surface area contributed by atoms with E-state index in [1.165, 1.54) is 51.4 Å². The molecule has 0 bridgehead atoms. The second-order valence-electron chi connectivity index (χ2n) is 16.7. The SMILES string of the molecule is CC/C=C\C/C=C\C/C=C\C/C=C\C/C=C\CCCCCC(=O)O[C@H](COC(=O)CCCCCCC/C=C\C/C=C\CCCCC)COC(=O)CCCCCCC/C=C\CCCC. The first-order valence-electron chi connectivity index (χ1n) is 25.7. The van der Waals surface area contributed by atoms with Crippen LogP contribution >= 0.6 is 0 Å². The van der Waals surface area contributed by atoms with E-state index in [0.29, 0.717) is 12.8 Å². The molecule has 0 saturated heterocycles. The van der Waals surface area contributed by atoms with Gasteiger partial charge in [0.15, 0.2) is 6.10 Å². The largest absolute Gasteiger partial charge is 0.462 e. The maximum atomic E-state index is 12.8. The van der Waals surface area contributed by atoms with Crippen LogP contribution in [0, 0.1) is 0 Å². The molecule has 63 heavy (non-hydrogen) atoms. The second-order valence-corrected chi connectivity index (χ2v) is 16.7. The molecule has 6 nitrogen and oxygen atoms in total. The summed E-state index contributed by atoms with van der Waals surface area (Å²) in [7, 11) is 0. The number of unbranched alkanes of at least 4 members (excludes halogenated alkanes) is 18. The number of carbonyl (C=O) groups excluding carboxylic acids is 3. The normalized spacial score (nSPS) is 12.9. The van der Waals surface area contributed by atoms with E-state index in [1.807, 2.05) is 0 Å². The topological polar surface area (TPSA) is 78.9 Å². The van der Waals surface area contributed by atoms with Gasteiger partial charge >= 0.3 is 17.9 Å². The maximum absolute atomic E-state index is 12.8. The highest BCUT2D eigenvalue weighted by Gasteiger charge is 2.19. The summed E-state index contributed by atoms with van der Waals surface area (Å²) in [6.45, 7) is 6.40. The number of hydrogen-bond donors (Lipinski definition) is 0. The highest BCUT2D eigenvalue weighted by atomic mass is 16.6. The summed E-state index contributed by atoms with van der Waals surface area (Å²) >= 11 is 0. The lowest BCUT2D eigenvalue weighted by atomic mass is 10.1. The first-order chi connectivity index (χ1) is 31.0. The van der Waals surface area contributed by atoms with Gasteiger partial charge in [-0.25, -0.2) is 0 Å². The van der Waals surface area contributed by atoms with E-state index >= 15 is 0 Å². The summed E-state index contributed by atoms with van der Waals surface area (Å²) < 4.78 is 16.7. The number of carbonyl (C=O) groups is 3. The highest BCUT2D eigenvalue weighted by molar-refractivity contribution is 5.71. The lowest BCUT2D eigenvalue weighted by molar-refractivity contribution is -0.167. The first-order valence-corrected chi connectivity index (χ1v) is 25.7. The van der Waals surface area contributed by atoms with E-state index in [4.69, 9.17) is 14.2 Å². The van der Waals surface area contributed by atoms with Crippen molar-refractivity contribution in [2.45, 2.75) is 232 Å². The van der Waals surface area contributed by atoms with Crippen LogP contribution < -0.4 is 0 Å². The molecule has 0 aliphatic heterocycles. The van der Waals surface area contributed by atoms with Crippen molar-refractivity contribution in [2.75, 3.05) is 13.2 Å². The molecule has 0 amide bonds. The molecule has 0 fully saturated rings. The van der Waals surface area contributed by atoms with Crippen LogP contribution in [0.4, 0.5) is 0 Å². The van der Waals surface area contributed by atoms with Crippen LogP contribution in [0.1, 0.15) is 226 Å². The van der Waals surface area contributed by atoms with Crippen LogP contribution in [0.25, 0.3) is 0 Å². The number of allylic oxidation sites excluding steroid dienone is 16. The summed E-state index contributed by atoms with van der Waals surface area (Å²) in [6.07, 6.45) is 66.7. The fraction of sp³-hybridized carbons (Fsp3) is 0.667. The molecule has 0 radical (unpaired) electrons. The summed E-state index contributed by atoms with van der Waals surface area (Å²) in [5.41, 5.74) is 0. The number of rotatable bonds is 45. The molecule has 6 heteroatoms. The Kier molecular flexibility index (Phi) is 48.0. The van der Waals surface area contributed by atoms with Gasteiger partial charge in [0.1, 0.15) is 13.2 Å². The molecule has 0 saturated carbocycles. The van der Waals surface area contributed by atoms with Gasteiger partial charge in [-0.1, -0.05) is 189 Å². The molecule has 0 rings (SSSR count). The molecular weight excluding hydrogens is 781 g/mol. The third-order valence-corrected chi connectivity index (χ3v) is 10.5. The van der Waals surface area contributed by atoms with Crippen molar-refractivity contribution < 1.29 is 28.6 Å². The van der Waals surface area contributed by atoms with Crippen molar-refractivity contribution in [3.63, 3.8) is 0 Å². The van der Waals surface area contributed by atoms with E-state index < -0.39 is 6.10 Å². The highest BCUT2D eigenvalue weighted by Crippen LogP contribution is 2.13. The fourth-order valence-electron chi connectivity index (χ4n) is 6.65. The van der Waals surface area contributed by atoms with Gasteiger partial charge in [-0.05, 0) is 116 Å². The van der Waals surface area contributed by atoms with Gasteiger partial charge < -0.3 is 14.2 Å². The molecule has 0 aliphatic rings.